The van der Waals surface area contributed by atoms with E-state index in [-0.39, 0.29) is 0 Å². The Morgan fingerprint density at radius 1 is 1.06 bits per heavy atom. The van der Waals surface area contributed by atoms with Crippen molar-refractivity contribution in [2.45, 2.75) is 39.2 Å². The van der Waals surface area contributed by atoms with Crippen molar-refractivity contribution in [3.63, 3.8) is 0 Å². The predicted octanol–water partition coefficient (Wildman–Crippen LogP) is 1.16. The molecule has 0 aromatic heterocycles. The van der Waals surface area contributed by atoms with Crippen molar-refractivity contribution in [3.05, 3.63) is 0 Å². The van der Waals surface area contributed by atoms with Crippen molar-refractivity contribution in [2.75, 3.05) is 52.5 Å². The summed E-state index contributed by atoms with van der Waals surface area (Å²) in [5.74, 6) is 0. The minimum Gasteiger partial charge on any atom is -0.380 e. The van der Waals surface area contributed by atoms with Crippen LogP contribution in [0.15, 0.2) is 0 Å². The lowest BCUT2D eigenvalue weighted by Crippen LogP contribution is -2.52. The van der Waals surface area contributed by atoms with Gasteiger partial charge in [-0.05, 0) is 12.8 Å². The molecule has 1 aliphatic rings. The Balaban J connectivity index is 2.15. The second-order valence-electron chi connectivity index (χ2n) is 5.17. The van der Waals surface area contributed by atoms with E-state index in [2.05, 4.69) is 23.6 Å². The molecule has 0 aliphatic carbocycles. The Hall–Kier alpha value is -0.160. The fourth-order valence-corrected chi connectivity index (χ4v) is 2.57. The summed E-state index contributed by atoms with van der Waals surface area (Å²) in [6, 6.07) is 0.591. The number of nitrogens with two attached hydrogens (primary N) is 1. The quantitative estimate of drug-likeness (QED) is 0.629. The van der Waals surface area contributed by atoms with E-state index in [0.29, 0.717) is 6.04 Å². The zero-order valence-corrected chi connectivity index (χ0v) is 12.2. The first-order chi connectivity index (χ1) is 8.81. The molecule has 0 amide bonds. The first kappa shape index (κ1) is 15.9. The van der Waals surface area contributed by atoms with E-state index in [4.69, 9.17) is 10.5 Å². The molecule has 1 heterocycles. The van der Waals surface area contributed by atoms with E-state index in [9.17, 15) is 0 Å². The SMILES string of the molecule is CCCOCCN1CCN(C(CN)CCC)CC1. The second kappa shape index (κ2) is 9.73. The summed E-state index contributed by atoms with van der Waals surface area (Å²) in [6.07, 6.45) is 3.58. The number of hydrogen-bond acceptors (Lipinski definition) is 4. The van der Waals surface area contributed by atoms with E-state index in [0.717, 1.165) is 58.9 Å². The van der Waals surface area contributed by atoms with Crippen LogP contribution in [0, 0.1) is 0 Å². The third kappa shape index (κ3) is 5.65. The molecular formula is C14H31N3O. The lowest BCUT2D eigenvalue weighted by molar-refractivity contribution is 0.0606. The maximum atomic E-state index is 5.86. The summed E-state index contributed by atoms with van der Waals surface area (Å²) >= 11 is 0. The molecule has 108 valence electrons. The molecule has 0 radical (unpaired) electrons. The highest BCUT2D eigenvalue weighted by Gasteiger charge is 2.21. The molecule has 18 heavy (non-hydrogen) atoms. The van der Waals surface area contributed by atoms with Crippen molar-refractivity contribution in [2.24, 2.45) is 5.73 Å². The summed E-state index contributed by atoms with van der Waals surface area (Å²) in [7, 11) is 0. The highest BCUT2D eigenvalue weighted by atomic mass is 16.5. The van der Waals surface area contributed by atoms with Gasteiger partial charge in [0.25, 0.3) is 0 Å². The molecule has 4 nitrogen and oxygen atoms in total. The van der Waals surface area contributed by atoms with Gasteiger partial charge in [0.15, 0.2) is 0 Å². The van der Waals surface area contributed by atoms with Crippen LogP contribution in [0.2, 0.25) is 0 Å². The number of nitrogens with zero attached hydrogens (tertiary/aromatic N) is 2. The van der Waals surface area contributed by atoms with Crippen LogP contribution < -0.4 is 5.73 Å². The fraction of sp³-hybridized carbons (Fsp3) is 1.00. The molecule has 0 aromatic rings. The van der Waals surface area contributed by atoms with Gasteiger partial charge < -0.3 is 10.5 Å². The van der Waals surface area contributed by atoms with Crippen molar-refractivity contribution in [1.82, 2.24) is 9.80 Å². The lowest BCUT2D eigenvalue weighted by Gasteiger charge is -2.39. The van der Waals surface area contributed by atoms with Gasteiger partial charge in [0.05, 0.1) is 6.61 Å². The lowest BCUT2D eigenvalue weighted by atomic mass is 10.1. The smallest absolute Gasteiger partial charge is 0.0593 e. The topological polar surface area (TPSA) is 41.7 Å². The zero-order chi connectivity index (χ0) is 13.2. The summed E-state index contributed by atoms with van der Waals surface area (Å²) in [6.45, 7) is 12.7. The Bertz CT molecular complexity index is 193. The molecule has 0 aromatic carbocycles. The van der Waals surface area contributed by atoms with E-state index in [1.165, 1.54) is 12.8 Å². The Morgan fingerprint density at radius 3 is 2.33 bits per heavy atom. The van der Waals surface area contributed by atoms with Gasteiger partial charge in [0.2, 0.25) is 0 Å². The van der Waals surface area contributed by atoms with Crippen molar-refractivity contribution < 1.29 is 4.74 Å². The van der Waals surface area contributed by atoms with Gasteiger partial charge in [-0.1, -0.05) is 20.3 Å². The number of rotatable bonds is 9. The summed E-state index contributed by atoms with van der Waals surface area (Å²) in [5, 5.41) is 0. The first-order valence-electron chi connectivity index (χ1n) is 7.56. The molecule has 1 saturated heterocycles. The van der Waals surface area contributed by atoms with Gasteiger partial charge in [0.1, 0.15) is 0 Å². The molecule has 2 N–H and O–H groups in total. The van der Waals surface area contributed by atoms with E-state index in [1.54, 1.807) is 0 Å². The van der Waals surface area contributed by atoms with Crippen molar-refractivity contribution in [3.8, 4) is 0 Å². The standard InChI is InChI=1S/C14H31N3O/c1-3-5-14(13-15)17-8-6-16(7-9-17)10-12-18-11-4-2/h14H,3-13,15H2,1-2H3. The van der Waals surface area contributed by atoms with Crippen molar-refractivity contribution in [1.29, 1.82) is 0 Å². The molecule has 1 unspecified atom stereocenters. The molecule has 1 rings (SSSR count). The maximum absolute atomic E-state index is 5.86. The highest BCUT2D eigenvalue weighted by Crippen LogP contribution is 2.10. The van der Waals surface area contributed by atoms with Crippen LogP contribution in [0.1, 0.15) is 33.1 Å². The molecule has 1 aliphatic heterocycles. The third-order valence-electron chi connectivity index (χ3n) is 3.72. The molecule has 0 bridgehead atoms. The number of piperazine rings is 1. The average molecular weight is 257 g/mol. The van der Waals surface area contributed by atoms with Gasteiger partial charge >= 0.3 is 0 Å². The first-order valence-corrected chi connectivity index (χ1v) is 7.56. The van der Waals surface area contributed by atoms with Crippen molar-refractivity contribution >= 4 is 0 Å². The normalized spacial score (nSPS) is 20.2. The molecule has 1 fully saturated rings. The van der Waals surface area contributed by atoms with Gasteiger partial charge in [-0.15, -0.1) is 0 Å². The summed E-state index contributed by atoms with van der Waals surface area (Å²) in [4.78, 5) is 5.07. The van der Waals surface area contributed by atoms with Crippen LogP contribution in [0.5, 0.6) is 0 Å². The van der Waals surface area contributed by atoms with E-state index >= 15 is 0 Å². The van der Waals surface area contributed by atoms with E-state index in [1.807, 2.05) is 0 Å². The van der Waals surface area contributed by atoms with Gasteiger partial charge in [-0.2, -0.15) is 0 Å². The summed E-state index contributed by atoms with van der Waals surface area (Å²) < 4.78 is 5.54. The van der Waals surface area contributed by atoms with Gasteiger partial charge in [-0.25, -0.2) is 0 Å². The van der Waals surface area contributed by atoms with Crippen LogP contribution in [0.3, 0.4) is 0 Å². The predicted molar refractivity (Wildman–Crippen MR) is 76.9 cm³/mol. The molecule has 1 atom stereocenters. The van der Waals surface area contributed by atoms with Crippen LogP contribution in [0.25, 0.3) is 0 Å². The maximum Gasteiger partial charge on any atom is 0.0593 e. The van der Waals surface area contributed by atoms with E-state index < -0.39 is 0 Å². The third-order valence-corrected chi connectivity index (χ3v) is 3.72. The van der Waals surface area contributed by atoms with Crippen LogP contribution >= 0.6 is 0 Å². The Morgan fingerprint density at radius 2 is 1.78 bits per heavy atom. The highest BCUT2D eigenvalue weighted by molar-refractivity contribution is 4.78. The van der Waals surface area contributed by atoms with Gasteiger partial charge in [0, 0.05) is 51.9 Å². The summed E-state index contributed by atoms with van der Waals surface area (Å²) in [5.41, 5.74) is 5.86. The molecule has 0 saturated carbocycles. The van der Waals surface area contributed by atoms with Gasteiger partial charge in [-0.3, -0.25) is 9.80 Å². The molecule has 4 heteroatoms. The Labute approximate surface area is 112 Å². The average Bonchev–Trinajstić information content (AvgIpc) is 2.42. The number of hydrogen-bond donors (Lipinski definition) is 1. The molecular weight excluding hydrogens is 226 g/mol. The largest absolute Gasteiger partial charge is 0.380 e. The van der Waals surface area contributed by atoms with Crippen LogP contribution in [-0.4, -0.2) is 68.3 Å². The molecule has 0 spiro atoms. The minimum atomic E-state index is 0.591. The minimum absolute atomic E-state index is 0.591. The second-order valence-corrected chi connectivity index (χ2v) is 5.17. The fourth-order valence-electron chi connectivity index (χ4n) is 2.57. The monoisotopic (exact) mass is 257 g/mol. The number of ether oxygens (including phenoxy) is 1. The zero-order valence-electron chi connectivity index (χ0n) is 12.2. The van der Waals surface area contributed by atoms with Crippen LogP contribution in [-0.2, 0) is 4.74 Å². The Kier molecular flexibility index (Phi) is 8.59. The van der Waals surface area contributed by atoms with Crippen LogP contribution in [0.4, 0.5) is 0 Å².